The van der Waals surface area contributed by atoms with Crippen LogP contribution in [0.2, 0.25) is 0 Å². The zero-order valence-corrected chi connectivity index (χ0v) is 12.3. The Bertz CT molecular complexity index is 684. The Morgan fingerprint density at radius 2 is 2.09 bits per heavy atom. The van der Waals surface area contributed by atoms with E-state index in [0.29, 0.717) is 25.3 Å². The molecule has 1 aromatic carbocycles. The van der Waals surface area contributed by atoms with Crippen LogP contribution in [0.5, 0.6) is 0 Å². The number of halogens is 2. The lowest BCUT2D eigenvalue weighted by Crippen LogP contribution is -2.29. The van der Waals surface area contributed by atoms with Gasteiger partial charge in [0.15, 0.2) is 5.82 Å². The molecule has 3 rings (SSSR count). The second-order valence-corrected chi connectivity index (χ2v) is 5.37. The molecule has 0 radical (unpaired) electrons. The number of aromatic nitrogens is 2. The van der Waals surface area contributed by atoms with Crippen LogP contribution in [0.3, 0.4) is 0 Å². The number of carbonyl (C=O) groups excluding carboxylic acids is 1. The zero-order chi connectivity index (χ0) is 16.2. The van der Waals surface area contributed by atoms with Crippen LogP contribution in [-0.4, -0.2) is 28.6 Å². The Morgan fingerprint density at radius 1 is 1.30 bits per heavy atom. The SMILES string of the molecule is O=C1CCC(NCc2noc(-c3c(F)cccc3F)n2)CCN1. The van der Waals surface area contributed by atoms with Gasteiger partial charge in [0, 0.05) is 19.0 Å². The summed E-state index contributed by atoms with van der Waals surface area (Å²) in [5.74, 6) is -1.32. The lowest BCUT2D eigenvalue weighted by atomic mass is 10.1. The molecule has 6 nitrogen and oxygen atoms in total. The molecule has 0 spiro atoms. The van der Waals surface area contributed by atoms with Crippen molar-refractivity contribution < 1.29 is 18.1 Å². The molecule has 0 saturated carbocycles. The molecular formula is C15H16F2N4O2. The second kappa shape index (κ2) is 6.82. The van der Waals surface area contributed by atoms with E-state index in [1.54, 1.807) is 0 Å². The molecule has 23 heavy (non-hydrogen) atoms. The van der Waals surface area contributed by atoms with Gasteiger partial charge in [0.05, 0.1) is 6.54 Å². The van der Waals surface area contributed by atoms with Crippen molar-refractivity contribution in [3.8, 4) is 11.5 Å². The fraction of sp³-hybridized carbons (Fsp3) is 0.400. The number of carbonyl (C=O) groups is 1. The minimum Gasteiger partial charge on any atom is -0.356 e. The van der Waals surface area contributed by atoms with Gasteiger partial charge in [-0.05, 0) is 25.0 Å². The summed E-state index contributed by atoms with van der Waals surface area (Å²) in [6, 6.07) is 3.70. The van der Waals surface area contributed by atoms with E-state index in [9.17, 15) is 13.6 Å². The summed E-state index contributed by atoms with van der Waals surface area (Å²) in [5.41, 5.74) is -0.324. The molecular weight excluding hydrogens is 306 g/mol. The Labute approximate surface area is 131 Å². The van der Waals surface area contributed by atoms with Crippen LogP contribution in [0.4, 0.5) is 8.78 Å². The fourth-order valence-electron chi connectivity index (χ4n) is 2.49. The van der Waals surface area contributed by atoms with Crippen LogP contribution >= 0.6 is 0 Å². The molecule has 2 heterocycles. The number of amides is 1. The van der Waals surface area contributed by atoms with E-state index in [1.165, 1.54) is 6.07 Å². The van der Waals surface area contributed by atoms with Crippen molar-refractivity contribution in [3.05, 3.63) is 35.7 Å². The standard InChI is InChI=1S/C15H16F2N4O2/c16-10-2-1-3-11(17)14(10)15-20-12(21-23-15)8-19-9-4-5-13(22)18-7-6-9/h1-3,9,19H,4-8H2,(H,18,22). The first-order chi connectivity index (χ1) is 11.1. The van der Waals surface area contributed by atoms with E-state index in [2.05, 4.69) is 20.8 Å². The van der Waals surface area contributed by atoms with Gasteiger partial charge in [-0.3, -0.25) is 4.79 Å². The lowest BCUT2D eigenvalue weighted by Gasteiger charge is -2.13. The van der Waals surface area contributed by atoms with E-state index in [-0.39, 0.29) is 23.4 Å². The highest BCUT2D eigenvalue weighted by molar-refractivity contribution is 5.76. The van der Waals surface area contributed by atoms with Crippen molar-refractivity contribution in [3.63, 3.8) is 0 Å². The van der Waals surface area contributed by atoms with Crippen molar-refractivity contribution in [2.24, 2.45) is 0 Å². The van der Waals surface area contributed by atoms with Crippen LogP contribution < -0.4 is 10.6 Å². The van der Waals surface area contributed by atoms with Crippen molar-refractivity contribution in [1.82, 2.24) is 20.8 Å². The second-order valence-electron chi connectivity index (χ2n) is 5.37. The molecule has 1 saturated heterocycles. The van der Waals surface area contributed by atoms with Crippen LogP contribution in [0.1, 0.15) is 25.1 Å². The topological polar surface area (TPSA) is 80.1 Å². The lowest BCUT2D eigenvalue weighted by molar-refractivity contribution is -0.120. The molecule has 1 fully saturated rings. The van der Waals surface area contributed by atoms with Gasteiger partial charge in [0.25, 0.3) is 5.89 Å². The molecule has 1 unspecified atom stereocenters. The van der Waals surface area contributed by atoms with Gasteiger partial charge in [0.2, 0.25) is 5.91 Å². The number of hydrogen-bond donors (Lipinski definition) is 2. The molecule has 1 atom stereocenters. The Morgan fingerprint density at radius 3 is 2.87 bits per heavy atom. The molecule has 1 amide bonds. The molecule has 2 aromatic rings. The number of benzene rings is 1. The summed E-state index contributed by atoms with van der Waals surface area (Å²) in [5, 5.41) is 9.76. The Kier molecular flexibility index (Phi) is 4.61. The Balaban J connectivity index is 1.65. The van der Waals surface area contributed by atoms with Gasteiger partial charge >= 0.3 is 0 Å². The largest absolute Gasteiger partial charge is 0.356 e. The monoisotopic (exact) mass is 322 g/mol. The van der Waals surface area contributed by atoms with Crippen molar-refractivity contribution in [2.75, 3.05) is 6.54 Å². The molecule has 2 N–H and O–H groups in total. The molecule has 8 heteroatoms. The van der Waals surface area contributed by atoms with Gasteiger partial charge in [-0.25, -0.2) is 8.78 Å². The van der Waals surface area contributed by atoms with Gasteiger partial charge in [0.1, 0.15) is 17.2 Å². The van der Waals surface area contributed by atoms with E-state index in [1.807, 2.05) is 0 Å². The molecule has 122 valence electrons. The van der Waals surface area contributed by atoms with Gasteiger partial charge in [-0.15, -0.1) is 0 Å². The maximum atomic E-state index is 13.7. The average Bonchev–Trinajstić information content (AvgIpc) is 2.87. The minimum absolute atomic E-state index is 0.0474. The summed E-state index contributed by atoms with van der Waals surface area (Å²) < 4.78 is 32.3. The highest BCUT2D eigenvalue weighted by Crippen LogP contribution is 2.24. The quantitative estimate of drug-likeness (QED) is 0.897. The summed E-state index contributed by atoms with van der Waals surface area (Å²) in [7, 11) is 0. The molecule has 0 aliphatic carbocycles. The first kappa shape index (κ1) is 15.5. The van der Waals surface area contributed by atoms with Crippen LogP contribution in [0, 0.1) is 11.6 Å². The van der Waals surface area contributed by atoms with Gasteiger partial charge in [-0.2, -0.15) is 4.98 Å². The van der Waals surface area contributed by atoms with Gasteiger partial charge in [-0.1, -0.05) is 11.2 Å². The fourth-order valence-corrected chi connectivity index (χ4v) is 2.49. The summed E-state index contributed by atoms with van der Waals surface area (Å²) in [6.45, 7) is 0.923. The molecule has 1 aliphatic heterocycles. The Hall–Kier alpha value is -2.35. The van der Waals surface area contributed by atoms with E-state index >= 15 is 0 Å². The third kappa shape index (κ3) is 3.70. The normalized spacial score (nSPS) is 18.5. The summed E-state index contributed by atoms with van der Waals surface area (Å²) in [4.78, 5) is 15.3. The summed E-state index contributed by atoms with van der Waals surface area (Å²) in [6.07, 6.45) is 1.99. The van der Waals surface area contributed by atoms with Crippen molar-refractivity contribution >= 4 is 5.91 Å². The summed E-state index contributed by atoms with van der Waals surface area (Å²) >= 11 is 0. The van der Waals surface area contributed by atoms with E-state index in [4.69, 9.17) is 4.52 Å². The third-order valence-electron chi connectivity index (χ3n) is 3.73. The maximum absolute atomic E-state index is 13.7. The highest BCUT2D eigenvalue weighted by atomic mass is 19.1. The third-order valence-corrected chi connectivity index (χ3v) is 3.73. The average molecular weight is 322 g/mol. The molecule has 1 aromatic heterocycles. The van der Waals surface area contributed by atoms with E-state index < -0.39 is 11.6 Å². The molecule has 1 aliphatic rings. The predicted octanol–water partition coefficient (Wildman–Crippen LogP) is 1.77. The van der Waals surface area contributed by atoms with Crippen molar-refractivity contribution in [2.45, 2.75) is 31.8 Å². The highest BCUT2D eigenvalue weighted by Gasteiger charge is 2.19. The predicted molar refractivity (Wildman–Crippen MR) is 77.1 cm³/mol. The van der Waals surface area contributed by atoms with Crippen LogP contribution in [0.25, 0.3) is 11.5 Å². The maximum Gasteiger partial charge on any atom is 0.263 e. The minimum atomic E-state index is -0.749. The zero-order valence-electron chi connectivity index (χ0n) is 12.3. The van der Waals surface area contributed by atoms with Crippen molar-refractivity contribution in [1.29, 1.82) is 0 Å². The number of hydrogen-bond acceptors (Lipinski definition) is 5. The van der Waals surface area contributed by atoms with E-state index in [0.717, 1.165) is 25.0 Å². The number of rotatable bonds is 4. The van der Waals surface area contributed by atoms with Crippen LogP contribution in [0.15, 0.2) is 22.7 Å². The van der Waals surface area contributed by atoms with Gasteiger partial charge < -0.3 is 15.2 Å². The number of nitrogens with one attached hydrogen (secondary N) is 2. The smallest absolute Gasteiger partial charge is 0.263 e. The first-order valence-corrected chi connectivity index (χ1v) is 7.40. The van der Waals surface area contributed by atoms with Crippen LogP contribution in [-0.2, 0) is 11.3 Å². The number of nitrogens with zero attached hydrogens (tertiary/aromatic N) is 2. The molecule has 0 bridgehead atoms. The first-order valence-electron chi connectivity index (χ1n) is 7.40.